The Morgan fingerprint density at radius 1 is 1.30 bits per heavy atom. The van der Waals surface area contributed by atoms with Gasteiger partial charge in [0, 0.05) is 17.3 Å². The molecule has 0 spiro atoms. The minimum atomic E-state index is -0.645. The Bertz CT molecular complexity index is 533. The van der Waals surface area contributed by atoms with Gasteiger partial charge in [-0.05, 0) is 25.1 Å². The Morgan fingerprint density at radius 3 is 2.60 bits per heavy atom. The van der Waals surface area contributed by atoms with Crippen LogP contribution in [0.5, 0.6) is 0 Å². The lowest BCUT2D eigenvalue weighted by atomic mass is 10.1. The van der Waals surface area contributed by atoms with Crippen molar-refractivity contribution < 1.29 is 14.4 Å². The van der Waals surface area contributed by atoms with Crippen molar-refractivity contribution in [3.8, 4) is 0 Å². The molecular weight excluding hydrogens is 284 g/mol. The zero-order chi connectivity index (χ0) is 15.1. The molecule has 20 heavy (non-hydrogen) atoms. The fraction of sp³-hybridized carbons (Fsp3) is 0.250. The average Bonchev–Trinajstić information content (AvgIpc) is 2.36. The van der Waals surface area contributed by atoms with E-state index in [4.69, 9.17) is 17.3 Å². The van der Waals surface area contributed by atoms with Crippen LogP contribution in [0.25, 0.3) is 0 Å². The number of carbonyl (C=O) groups is 3. The lowest BCUT2D eigenvalue weighted by molar-refractivity contribution is -0.118. The number of hydrogen-bond donors (Lipinski definition) is 4. The van der Waals surface area contributed by atoms with Crippen molar-refractivity contribution in [2.75, 3.05) is 18.4 Å². The molecule has 0 heterocycles. The fourth-order valence-electron chi connectivity index (χ4n) is 1.43. The molecule has 0 unspecified atom stereocenters. The number of primary amides is 1. The Balaban J connectivity index is 2.65. The second-order valence-electron chi connectivity index (χ2n) is 3.82. The van der Waals surface area contributed by atoms with Gasteiger partial charge in [-0.25, -0.2) is 4.79 Å². The normalized spacial score (nSPS) is 9.70. The number of urea groups is 1. The molecule has 0 aliphatic rings. The maximum absolute atomic E-state index is 11.5. The number of benzene rings is 1. The van der Waals surface area contributed by atoms with E-state index in [-0.39, 0.29) is 12.1 Å². The molecule has 1 rings (SSSR count). The zero-order valence-electron chi connectivity index (χ0n) is 10.8. The molecule has 8 heteroatoms. The van der Waals surface area contributed by atoms with Crippen molar-refractivity contribution >= 4 is 35.1 Å². The molecule has 5 N–H and O–H groups in total. The highest BCUT2D eigenvalue weighted by Gasteiger charge is 2.11. The topological polar surface area (TPSA) is 113 Å². The first kappa shape index (κ1) is 15.8. The van der Waals surface area contributed by atoms with Crippen molar-refractivity contribution in [1.82, 2.24) is 10.6 Å². The van der Waals surface area contributed by atoms with Gasteiger partial charge in [-0.1, -0.05) is 11.6 Å². The summed E-state index contributed by atoms with van der Waals surface area (Å²) >= 11 is 5.81. The molecule has 4 amide bonds. The number of imide groups is 1. The van der Waals surface area contributed by atoms with Gasteiger partial charge in [0.2, 0.25) is 5.91 Å². The molecule has 0 aliphatic carbocycles. The Kier molecular flexibility index (Phi) is 5.79. The Morgan fingerprint density at radius 2 is 2.00 bits per heavy atom. The highest BCUT2D eigenvalue weighted by atomic mass is 35.5. The van der Waals surface area contributed by atoms with Crippen LogP contribution in [0.15, 0.2) is 18.2 Å². The summed E-state index contributed by atoms with van der Waals surface area (Å²) in [5.41, 5.74) is 5.74. The van der Waals surface area contributed by atoms with E-state index in [2.05, 4.69) is 16.0 Å². The molecule has 0 bridgehead atoms. The maximum Gasteiger partial charge on any atom is 0.321 e. The van der Waals surface area contributed by atoms with Crippen LogP contribution >= 0.6 is 11.6 Å². The number of nitrogens with two attached hydrogens (primary N) is 1. The van der Waals surface area contributed by atoms with Crippen molar-refractivity contribution in [3.63, 3.8) is 0 Å². The van der Waals surface area contributed by atoms with Crippen LogP contribution in [0.2, 0.25) is 5.02 Å². The molecule has 0 saturated heterocycles. The smallest absolute Gasteiger partial charge is 0.321 e. The molecule has 1 aromatic rings. The van der Waals surface area contributed by atoms with Gasteiger partial charge in [-0.2, -0.15) is 0 Å². The van der Waals surface area contributed by atoms with Crippen LogP contribution < -0.4 is 21.7 Å². The number of carbonyl (C=O) groups excluding carboxylic acids is 3. The monoisotopic (exact) mass is 298 g/mol. The third-order valence-electron chi connectivity index (χ3n) is 2.28. The van der Waals surface area contributed by atoms with Crippen LogP contribution in [0, 0.1) is 0 Å². The molecule has 1 aromatic carbocycles. The molecule has 0 radical (unpaired) electrons. The van der Waals surface area contributed by atoms with Gasteiger partial charge >= 0.3 is 6.03 Å². The summed E-state index contributed by atoms with van der Waals surface area (Å²) < 4.78 is 0. The van der Waals surface area contributed by atoms with Gasteiger partial charge in [0.1, 0.15) is 0 Å². The molecule has 108 valence electrons. The molecule has 0 aromatic heterocycles. The molecule has 0 fully saturated rings. The Hall–Kier alpha value is -2.28. The fourth-order valence-corrected chi connectivity index (χ4v) is 1.60. The van der Waals surface area contributed by atoms with E-state index in [1.165, 1.54) is 18.2 Å². The van der Waals surface area contributed by atoms with Gasteiger partial charge in [-0.15, -0.1) is 0 Å². The van der Waals surface area contributed by atoms with Crippen molar-refractivity contribution in [2.24, 2.45) is 5.73 Å². The summed E-state index contributed by atoms with van der Waals surface area (Å²) in [4.78, 5) is 33.8. The van der Waals surface area contributed by atoms with Crippen LogP contribution in [0.3, 0.4) is 0 Å². The number of hydrogen-bond acceptors (Lipinski definition) is 4. The van der Waals surface area contributed by atoms with E-state index in [1.807, 2.05) is 0 Å². The van der Waals surface area contributed by atoms with Gasteiger partial charge in [0.05, 0.1) is 12.1 Å². The highest BCUT2D eigenvalue weighted by Crippen LogP contribution is 2.20. The standard InChI is InChI=1S/C12H15ClN4O3/c1-2-15-12(20)17-10(18)6-16-9-5-7(13)3-4-8(9)11(14)19/h3-5,16H,2,6H2,1H3,(H2,14,19)(H2,15,17,18,20). The van der Waals surface area contributed by atoms with E-state index in [1.54, 1.807) is 6.92 Å². The zero-order valence-corrected chi connectivity index (χ0v) is 11.6. The van der Waals surface area contributed by atoms with Crippen molar-refractivity contribution in [3.05, 3.63) is 28.8 Å². The van der Waals surface area contributed by atoms with Crippen LogP contribution in [0.4, 0.5) is 10.5 Å². The predicted molar refractivity (Wildman–Crippen MR) is 75.7 cm³/mol. The second kappa shape index (κ2) is 7.34. The quantitative estimate of drug-likeness (QED) is 0.640. The van der Waals surface area contributed by atoms with Gasteiger partial charge in [-0.3, -0.25) is 14.9 Å². The van der Waals surface area contributed by atoms with E-state index in [9.17, 15) is 14.4 Å². The van der Waals surface area contributed by atoms with Crippen LogP contribution in [0.1, 0.15) is 17.3 Å². The summed E-state index contributed by atoms with van der Waals surface area (Å²) in [6.07, 6.45) is 0. The molecule has 0 aliphatic heterocycles. The predicted octanol–water partition coefficient (Wildman–Crippen LogP) is 0.696. The largest absolute Gasteiger partial charge is 0.375 e. The Labute approximate surface area is 120 Å². The third-order valence-corrected chi connectivity index (χ3v) is 2.51. The van der Waals surface area contributed by atoms with Crippen molar-refractivity contribution in [1.29, 1.82) is 0 Å². The minimum Gasteiger partial charge on any atom is -0.375 e. The summed E-state index contributed by atoms with van der Waals surface area (Å²) in [7, 11) is 0. The third kappa shape index (κ3) is 4.77. The van der Waals surface area contributed by atoms with E-state index in [0.717, 1.165) is 0 Å². The summed E-state index contributed by atoms with van der Waals surface area (Å²) in [6, 6.07) is 3.86. The van der Waals surface area contributed by atoms with E-state index < -0.39 is 17.8 Å². The number of nitrogens with one attached hydrogen (secondary N) is 3. The van der Waals surface area contributed by atoms with Gasteiger partial charge in [0.25, 0.3) is 5.91 Å². The molecular formula is C12H15ClN4O3. The lowest BCUT2D eigenvalue weighted by Crippen LogP contribution is -2.41. The minimum absolute atomic E-state index is 0.197. The first-order valence-corrected chi connectivity index (χ1v) is 6.22. The van der Waals surface area contributed by atoms with Crippen LogP contribution in [-0.2, 0) is 4.79 Å². The highest BCUT2D eigenvalue weighted by molar-refractivity contribution is 6.31. The van der Waals surface area contributed by atoms with Crippen molar-refractivity contribution in [2.45, 2.75) is 6.92 Å². The summed E-state index contributed by atoms with van der Waals surface area (Å²) in [6.45, 7) is 1.94. The molecule has 0 saturated carbocycles. The average molecular weight is 299 g/mol. The second-order valence-corrected chi connectivity index (χ2v) is 4.25. The van der Waals surface area contributed by atoms with E-state index in [0.29, 0.717) is 17.3 Å². The lowest BCUT2D eigenvalue weighted by Gasteiger charge is -2.10. The number of halogens is 1. The first-order valence-electron chi connectivity index (χ1n) is 5.85. The van der Waals surface area contributed by atoms with Crippen LogP contribution in [-0.4, -0.2) is 30.9 Å². The van der Waals surface area contributed by atoms with E-state index >= 15 is 0 Å². The summed E-state index contributed by atoms with van der Waals surface area (Å²) in [5.74, 6) is -1.19. The summed E-state index contributed by atoms with van der Waals surface area (Å²) in [5, 5.41) is 7.63. The maximum atomic E-state index is 11.5. The van der Waals surface area contributed by atoms with Gasteiger partial charge in [0.15, 0.2) is 0 Å². The molecule has 0 atom stereocenters. The SMILES string of the molecule is CCNC(=O)NC(=O)CNc1cc(Cl)ccc1C(N)=O. The number of anilines is 1. The number of rotatable bonds is 5. The number of amides is 4. The first-order chi connectivity index (χ1) is 9.43. The molecule has 7 nitrogen and oxygen atoms in total. The van der Waals surface area contributed by atoms with Gasteiger partial charge < -0.3 is 16.4 Å².